The molecule has 0 saturated carbocycles. The van der Waals surface area contributed by atoms with Crippen LogP contribution in [0.3, 0.4) is 0 Å². The second kappa shape index (κ2) is 8.57. The Bertz CT molecular complexity index is 1020. The van der Waals surface area contributed by atoms with Crippen LogP contribution in [0.25, 0.3) is 0 Å². The molecule has 2 unspecified atom stereocenters. The Balaban J connectivity index is 2.14. The van der Waals surface area contributed by atoms with Crippen LogP contribution >= 0.6 is 0 Å². The summed E-state index contributed by atoms with van der Waals surface area (Å²) < 4.78 is 52.3. The fourth-order valence-corrected chi connectivity index (χ4v) is 6.10. The third-order valence-electron chi connectivity index (χ3n) is 5.95. The monoisotopic (exact) mass is 433 g/mol. The minimum atomic E-state index is -3.78. The van der Waals surface area contributed by atoms with Crippen molar-refractivity contribution in [3.63, 3.8) is 0 Å². The SMILES string of the molecule is COCC1C(COCc2ccccc2)(c2ccccc2F)N=C(C)C(C)(C)S1(=O)=O. The Kier molecular flexibility index (Phi) is 6.45. The van der Waals surface area contributed by atoms with Crippen molar-refractivity contribution in [1.29, 1.82) is 0 Å². The normalized spacial score (nSPS) is 25.0. The first kappa shape index (κ1) is 22.6. The van der Waals surface area contributed by atoms with E-state index in [0.717, 1.165) is 5.56 Å². The Hall–Kier alpha value is -2.09. The van der Waals surface area contributed by atoms with Gasteiger partial charge in [0.25, 0.3) is 0 Å². The van der Waals surface area contributed by atoms with Gasteiger partial charge in [-0.3, -0.25) is 4.99 Å². The number of rotatable bonds is 7. The maximum atomic E-state index is 15.0. The summed E-state index contributed by atoms with van der Waals surface area (Å²) in [5, 5.41) is -1.10. The third kappa shape index (κ3) is 3.82. The van der Waals surface area contributed by atoms with Crippen LogP contribution < -0.4 is 0 Å². The highest BCUT2D eigenvalue weighted by Gasteiger charge is 2.58. The fraction of sp³-hybridized carbons (Fsp3) is 0.435. The molecule has 0 spiro atoms. The van der Waals surface area contributed by atoms with E-state index in [4.69, 9.17) is 14.5 Å². The minimum absolute atomic E-state index is 0.0937. The van der Waals surface area contributed by atoms with Crippen LogP contribution in [-0.4, -0.2) is 44.5 Å². The lowest BCUT2D eigenvalue weighted by molar-refractivity contribution is 0.0552. The van der Waals surface area contributed by atoms with E-state index in [1.807, 2.05) is 30.3 Å². The first-order valence-corrected chi connectivity index (χ1v) is 11.4. The van der Waals surface area contributed by atoms with Crippen molar-refractivity contribution in [3.05, 3.63) is 71.5 Å². The van der Waals surface area contributed by atoms with Crippen molar-refractivity contribution in [2.75, 3.05) is 20.3 Å². The zero-order valence-corrected chi connectivity index (χ0v) is 18.6. The predicted octanol–water partition coefficient (Wildman–Crippen LogP) is 3.92. The molecule has 2 aromatic rings. The number of halogens is 1. The minimum Gasteiger partial charge on any atom is -0.383 e. The van der Waals surface area contributed by atoms with E-state index in [1.165, 1.54) is 13.2 Å². The molecule has 0 bridgehead atoms. The van der Waals surface area contributed by atoms with Crippen molar-refractivity contribution in [1.82, 2.24) is 0 Å². The molecule has 30 heavy (non-hydrogen) atoms. The largest absolute Gasteiger partial charge is 0.383 e. The highest BCUT2D eigenvalue weighted by atomic mass is 32.2. The lowest BCUT2D eigenvalue weighted by Gasteiger charge is -2.46. The first-order chi connectivity index (χ1) is 14.2. The van der Waals surface area contributed by atoms with Crippen molar-refractivity contribution in [3.8, 4) is 0 Å². The summed E-state index contributed by atoms with van der Waals surface area (Å²) >= 11 is 0. The molecule has 0 saturated heterocycles. The van der Waals surface area contributed by atoms with Gasteiger partial charge in [-0.15, -0.1) is 0 Å². The van der Waals surface area contributed by atoms with E-state index >= 15 is 0 Å². The average molecular weight is 434 g/mol. The van der Waals surface area contributed by atoms with Crippen LogP contribution in [0.5, 0.6) is 0 Å². The summed E-state index contributed by atoms with van der Waals surface area (Å²) in [4.78, 5) is 4.82. The zero-order chi connectivity index (χ0) is 22.0. The zero-order valence-electron chi connectivity index (χ0n) is 17.8. The standard InChI is InChI=1S/C23H28FNO4S/c1-17-22(2,3)30(26,27)21(15-28-4)23(25-17,19-12-8-9-13-20(19)24)16-29-14-18-10-6-5-7-11-18/h5-13,21H,14-16H2,1-4H3. The smallest absolute Gasteiger partial charge is 0.168 e. The van der Waals surface area contributed by atoms with Gasteiger partial charge in [-0.25, -0.2) is 12.8 Å². The van der Waals surface area contributed by atoms with Gasteiger partial charge in [0.15, 0.2) is 9.84 Å². The molecule has 0 fully saturated rings. The van der Waals surface area contributed by atoms with Crippen LogP contribution in [0, 0.1) is 5.82 Å². The highest BCUT2D eigenvalue weighted by molar-refractivity contribution is 7.94. The number of aliphatic imine (C=N–C) groups is 1. The Morgan fingerprint density at radius 3 is 2.33 bits per heavy atom. The van der Waals surface area contributed by atoms with Crippen molar-refractivity contribution in [2.24, 2.45) is 4.99 Å². The van der Waals surface area contributed by atoms with Gasteiger partial charge in [0.05, 0.1) is 19.8 Å². The van der Waals surface area contributed by atoms with Gasteiger partial charge in [0.2, 0.25) is 0 Å². The summed E-state index contributed by atoms with van der Waals surface area (Å²) in [6.45, 7) is 4.97. The number of hydrogen-bond donors (Lipinski definition) is 0. The van der Waals surface area contributed by atoms with E-state index in [9.17, 15) is 12.8 Å². The molecule has 1 aliphatic heterocycles. The molecule has 162 valence electrons. The number of ether oxygens (including phenoxy) is 2. The summed E-state index contributed by atoms with van der Waals surface area (Å²) in [5.41, 5.74) is 0.0957. The molecular formula is C23H28FNO4S. The van der Waals surface area contributed by atoms with Gasteiger partial charge >= 0.3 is 0 Å². The van der Waals surface area contributed by atoms with Crippen molar-refractivity contribution >= 4 is 15.5 Å². The topological polar surface area (TPSA) is 65.0 Å². The number of methoxy groups -OCH3 is 1. The molecular weight excluding hydrogens is 405 g/mol. The van der Waals surface area contributed by atoms with Gasteiger partial charge < -0.3 is 9.47 Å². The molecule has 0 radical (unpaired) electrons. The van der Waals surface area contributed by atoms with E-state index in [-0.39, 0.29) is 25.4 Å². The molecule has 3 rings (SSSR count). The van der Waals surface area contributed by atoms with E-state index < -0.39 is 31.2 Å². The van der Waals surface area contributed by atoms with Crippen molar-refractivity contribution in [2.45, 2.75) is 42.9 Å². The van der Waals surface area contributed by atoms with Crippen LogP contribution in [0.4, 0.5) is 4.39 Å². The Morgan fingerprint density at radius 2 is 1.70 bits per heavy atom. The lowest BCUT2D eigenvalue weighted by atomic mass is 9.85. The molecule has 0 N–H and O–H groups in total. The van der Waals surface area contributed by atoms with Gasteiger partial charge in [0.1, 0.15) is 21.4 Å². The Morgan fingerprint density at radius 1 is 1.07 bits per heavy atom. The van der Waals surface area contributed by atoms with Gasteiger partial charge in [0, 0.05) is 18.4 Å². The van der Waals surface area contributed by atoms with Crippen LogP contribution in [-0.2, 0) is 31.5 Å². The Labute approximate surface area is 177 Å². The maximum absolute atomic E-state index is 15.0. The summed E-state index contributed by atoms with van der Waals surface area (Å²) in [7, 11) is -2.35. The molecule has 0 aromatic heterocycles. The van der Waals surface area contributed by atoms with E-state index in [2.05, 4.69) is 0 Å². The van der Waals surface area contributed by atoms with E-state index in [0.29, 0.717) is 5.71 Å². The quantitative estimate of drug-likeness (QED) is 0.664. The number of nitrogens with zero attached hydrogens (tertiary/aromatic N) is 1. The lowest BCUT2D eigenvalue weighted by Crippen LogP contribution is -2.61. The second-order valence-corrected chi connectivity index (χ2v) is 10.8. The van der Waals surface area contributed by atoms with Crippen molar-refractivity contribution < 1.29 is 22.3 Å². The number of sulfone groups is 1. The molecule has 1 heterocycles. The molecule has 5 nitrogen and oxygen atoms in total. The van der Waals surface area contributed by atoms with Gasteiger partial charge in [-0.1, -0.05) is 48.5 Å². The van der Waals surface area contributed by atoms with Crippen LogP contribution in [0.15, 0.2) is 59.6 Å². The molecule has 2 atom stereocenters. The summed E-state index contributed by atoms with van der Waals surface area (Å²) in [6.07, 6.45) is 0. The third-order valence-corrected chi connectivity index (χ3v) is 8.94. The van der Waals surface area contributed by atoms with E-state index in [1.54, 1.807) is 39.0 Å². The second-order valence-electron chi connectivity index (χ2n) is 8.08. The maximum Gasteiger partial charge on any atom is 0.168 e. The fourth-order valence-electron chi connectivity index (χ4n) is 3.85. The highest BCUT2D eigenvalue weighted by Crippen LogP contribution is 2.44. The molecule has 0 amide bonds. The van der Waals surface area contributed by atoms with Crippen LogP contribution in [0.1, 0.15) is 31.9 Å². The molecule has 0 aliphatic carbocycles. The summed E-state index contributed by atoms with van der Waals surface area (Å²) in [5.74, 6) is -0.520. The first-order valence-electron chi connectivity index (χ1n) is 9.83. The summed E-state index contributed by atoms with van der Waals surface area (Å²) in [6, 6.07) is 15.7. The number of benzene rings is 2. The average Bonchev–Trinajstić information content (AvgIpc) is 2.71. The molecule has 1 aliphatic rings. The van der Waals surface area contributed by atoms with Gasteiger partial charge in [-0.2, -0.15) is 0 Å². The molecule has 7 heteroatoms. The van der Waals surface area contributed by atoms with Crippen LogP contribution in [0.2, 0.25) is 0 Å². The number of hydrogen-bond acceptors (Lipinski definition) is 5. The predicted molar refractivity (Wildman–Crippen MR) is 116 cm³/mol. The molecule has 2 aromatic carbocycles. The van der Waals surface area contributed by atoms with Gasteiger partial charge in [-0.05, 0) is 32.4 Å².